The molecule has 1 rings (SSSR count). The molecule has 3 atom stereocenters. The summed E-state index contributed by atoms with van der Waals surface area (Å²) in [6.07, 6.45) is 2.09. The second-order valence-electron chi connectivity index (χ2n) is 5.18. The van der Waals surface area contributed by atoms with E-state index in [1.54, 1.807) is 6.92 Å². The molecule has 0 aliphatic carbocycles. The summed E-state index contributed by atoms with van der Waals surface area (Å²) in [7, 11) is 0. The lowest BCUT2D eigenvalue weighted by Crippen LogP contribution is -2.44. The first kappa shape index (κ1) is 16.7. The lowest BCUT2D eigenvalue weighted by atomic mass is 9.97. The standard InChI is InChI=1S/C16H25NO3/c1-4-6-12-7-9-13(10-8-12)15(18)14(5-2)17-11(3)16(19)20/h7-11,14-15,17-18H,4-6H2,1-3H3,(H,19,20). The Bertz CT molecular complexity index is 416. The van der Waals surface area contributed by atoms with Crippen molar-refractivity contribution < 1.29 is 15.0 Å². The van der Waals surface area contributed by atoms with Crippen LogP contribution in [-0.4, -0.2) is 28.3 Å². The van der Waals surface area contributed by atoms with E-state index in [9.17, 15) is 9.90 Å². The van der Waals surface area contributed by atoms with Crippen LogP contribution in [0.15, 0.2) is 24.3 Å². The Balaban J connectivity index is 2.74. The highest BCUT2D eigenvalue weighted by Crippen LogP contribution is 2.20. The van der Waals surface area contributed by atoms with Gasteiger partial charge in [-0.2, -0.15) is 0 Å². The van der Waals surface area contributed by atoms with Crippen LogP contribution in [0.25, 0.3) is 0 Å². The molecule has 1 aromatic carbocycles. The van der Waals surface area contributed by atoms with Gasteiger partial charge in [0.25, 0.3) is 0 Å². The second kappa shape index (κ2) is 8.02. The van der Waals surface area contributed by atoms with Gasteiger partial charge in [-0.25, -0.2) is 0 Å². The molecule has 0 saturated heterocycles. The Hall–Kier alpha value is -1.39. The van der Waals surface area contributed by atoms with Crippen molar-refractivity contribution in [3.8, 4) is 0 Å². The Morgan fingerprint density at radius 2 is 1.85 bits per heavy atom. The van der Waals surface area contributed by atoms with E-state index < -0.39 is 18.1 Å². The maximum absolute atomic E-state index is 10.9. The molecule has 3 unspecified atom stereocenters. The second-order valence-corrected chi connectivity index (χ2v) is 5.18. The summed E-state index contributed by atoms with van der Waals surface area (Å²) < 4.78 is 0. The molecule has 1 aromatic rings. The average Bonchev–Trinajstić information content (AvgIpc) is 2.44. The molecule has 0 aromatic heterocycles. The minimum atomic E-state index is -0.908. The van der Waals surface area contributed by atoms with Crippen LogP contribution in [0.2, 0.25) is 0 Å². The molecule has 0 fully saturated rings. The van der Waals surface area contributed by atoms with Gasteiger partial charge in [-0.05, 0) is 30.9 Å². The van der Waals surface area contributed by atoms with Gasteiger partial charge < -0.3 is 10.2 Å². The molecule has 0 saturated carbocycles. The molecular formula is C16H25NO3. The number of carboxylic acids is 1. The Morgan fingerprint density at radius 1 is 1.25 bits per heavy atom. The Labute approximate surface area is 120 Å². The van der Waals surface area contributed by atoms with Gasteiger partial charge in [0.05, 0.1) is 6.10 Å². The van der Waals surface area contributed by atoms with Crippen LogP contribution in [0.1, 0.15) is 50.8 Å². The van der Waals surface area contributed by atoms with E-state index in [2.05, 4.69) is 12.2 Å². The minimum absolute atomic E-state index is 0.266. The highest BCUT2D eigenvalue weighted by atomic mass is 16.4. The van der Waals surface area contributed by atoms with Crippen molar-refractivity contribution in [1.82, 2.24) is 5.32 Å². The molecule has 0 radical (unpaired) electrons. The van der Waals surface area contributed by atoms with Crippen LogP contribution in [0, 0.1) is 0 Å². The first-order chi connectivity index (χ1) is 9.49. The number of aryl methyl sites for hydroxylation is 1. The van der Waals surface area contributed by atoms with Crippen LogP contribution in [0.3, 0.4) is 0 Å². The van der Waals surface area contributed by atoms with Crippen LogP contribution in [0.4, 0.5) is 0 Å². The molecule has 112 valence electrons. The van der Waals surface area contributed by atoms with E-state index in [1.165, 1.54) is 5.56 Å². The summed E-state index contributed by atoms with van der Waals surface area (Å²) in [6.45, 7) is 5.65. The summed E-state index contributed by atoms with van der Waals surface area (Å²) >= 11 is 0. The third-order valence-electron chi connectivity index (χ3n) is 3.52. The number of rotatable bonds is 8. The zero-order chi connectivity index (χ0) is 15.1. The Kier molecular flexibility index (Phi) is 6.68. The molecule has 0 spiro atoms. The van der Waals surface area contributed by atoms with Crippen molar-refractivity contribution in [3.05, 3.63) is 35.4 Å². The van der Waals surface area contributed by atoms with Crippen molar-refractivity contribution >= 4 is 5.97 Å². The van der Waals surface area contributed by atoms with Crippen molar-refractivity contribution in [2.75, 3.05) is 0 Å². The van der Waals surface area contributed by atoms with Gasteiger partial charge in [0.2, 0.25) is 0 Å². The predicted octanol–water partition coefficient (Wildman–Crippen LogP) is 2.51. The maximum atomic E-state index is 10.9. The van der Waals surface area contributed by atoms with Gasteiger partial charge in [0.15, 0.2) is 0 Å². The molecule has 0 amide bonds. The fraction of sp³-hybridized carbons (Fsp3) is 0.562. The number of benzene rings is 1. The normalized spacial score (nSPS) is 15.6. The van der Waals surface area contributed by atoms with Crippen molar-refractivity contribution in [2.24, 2.45) is 0 Å². The Morgan fingerprint density at radius 3 is 2.30 bits per heavy atom. The number of hydrogen-bond acceptors (Lipinski definition) is 3. The monoisotopic (exact) mass is 279 g/mol. The van der Waals surface area contributed by atoms with Gasteiger partial charge in [-0.15, -0.1) is 0 Å². The molecule has 4 nitrogen and oxygen atoms in total. The van der Waals surface area contributed by atoms with Crippen LogP contribution < -0.4 is 5.32 Å². The smallest absolute Gasteiger partial charge is 0.320 e. The van der Waals surface area contributed by atoms with E-state index in [0.717, 1.165) is 18.4 Å². The molecule has 0 aliphatic rings. The van der Waals surface area contributed by atoms with E-state index in [0.29, 0.717) is 6.42 Å². The summed E-state index contributed by atoms with van der Waals surface area (Å²) in [5, 5.41) is 22.3. The first-order valence-electron chi connectivity index (χ1n) is 7.25. The summed E-state index contributed by atoms with van der Waals surface area (Å²) in [5.74, 6) is -0.908. The molecule has 0 heterocycles. The van der Waals surface area contributed by atoms with Gasteiger partial charge in [-0.3, -0.25) is 10.1 Å². The quantitative estimate of drug-likeness (QED) is 0.684. The maximum Gasteiger partial charge on any atom is 0.320 e. The van der Waals surface area contributed by atoms with Crippen LogP contribution >= 0.6 is 0 Å². The number of aliphatic carboxylic acids is 1. The SMILES string of the molecule is CCCc1ccc(C(O)C(CC)NC(C)C(=O)O)cc1. The zero-order valence-electron chi connectivity index (χ0n) is 12.5. The van der Waals surface area contributed by atoms with Gasteiger partial charge in [0, 0.05) is 6.04 Å². The van der Waals surface area contributed by atoms with E-state index in [-0.39, 0.29) is 6.04 Å². The van der Waals surface area contributed by atoms with Gasteiger partial charge >= 0.3 is 5.97 Å². The molecule has 0 aliphatic heterocycles. The molecule has 4 heteroatoms. The number of carboxylic acid groups (broad SMARTS) is 1. The third kappa shape index (κ3) is 4.62. The van der Waals surface area contributed by atoms with Gasteiger partial charge in [-0.1, -0.05) is 44.5 Å². The molecule has 0 bridgehead atoms. The number of aliphatic hydroxyl groups is 1. The molecular weight excluding hydrogens is 254 g/mol. The largest absolute Gasteiger partial charge is 0.480 e. The van der Waals surface area contributed by atoms with Crippen LogP contribution in [-0.2, 0) is 11.2 Å². The van der Waals surface area contributed by atoms with Crippen LogP contribution in [0.5, 0.6) is 0 Å². The average molecular weight is 279 g/mol. The van der Waals surface area contributed by atoms with Crippen molar-refractivity contribution in [3.63, 3.8) is 0 Å². The number of carbonyl (C=O) groups is 1. The van der Waals surface area contributed by atoms with E-state index in [1.807, 2.05) is 31.2 Å². The highest BCUT2D eigenvalue weighted by molar-refractivity contribution is 5.72. The summed E-state index contributed by atoms with van der Waals surface area (Å²) in [4.78, 5) is 10.9. The predicted molar refractivity (Wildman–Crippen MR) is 79.7 cm³/mol. The van der Waals surface area contributed by atoms with Crippen molar-refractivity contribution in [1.29, 1.82) is 0 Å². The fourth-order valence-corrected chi connectivity index (χ4v) is 2.23. The zero-order valence-corrected chi connectivity index (χ0v) is 12.5. The highest BCUT2D eigenvalue weighted by Gasteiger charge is 2.23. The molecule has 20 heavy (non-hydrogen) atoms. The van der Waals surface area contributed by atoms with Crippen molar-refractivity contribution in [2.45, 2.75) is 58.2 Å². The first-order valence-corrected chi connectivity index (χ1v) is 7.25. The van der Waals surface area contributed by atoms with Gasteiger partial charge in [0.1, 0.15) is 6.04 Å². The summed E-state index contributed by atoms with van der Waals surface area (Å²) in [6, 6.07) is 6.95. The van der Waals surface area contributed by atoms with E-state index >= 15 is 0 Å². The number of nitrogens with one attached hydrogen (secondary N) is 1. The number of hydrogen-bond donors (Lipinski definition) is 3. The number of aliphatic hydroxyl groups excluding tert-OH is 1. The van der Waals surface area contributed by atoms with E-state index in [4.69, 9.17) is 5.11 Å². The summed E-state index contributed by atoms with van der Waals surface area (Å²) in [5.41, 5.74) is 2.07. The minimum Gasteiger partial charge on any atom is -0.480 e. The lowest BCUT2D eigenvalue weighted by Gasteiger charge is -2.25. The fourth-order valence-electron chi connectivity index (χ4n) is 2.23. The topological polar surface area (TPSA) is 69.6 Å². The molecule has 3 N–H and O–H groups in total. The third-order valence-corrected chi connectivity index (χ3v) is 3.52. The lowest BCUT2D eigenvalue weighted by molar-refractivity contribution is -0.139.